The number of carbonyl (C=O) groups excluding carboxylic acids is 1. The smallest absolute Gasteiger partial charge is 0.244 e. The molecule has 1 N–H and O–H groups in total. The maximum atomic E-state index is 13.2. The molecule has 5 rings (SSSR count). The highest BCUT2D eigenvalue weighted by atomic mass is 16.5. The molecule has 1 saturated carbocycles. The highest BCUT2D eigenvalue weighted by Crippen LogP contribution is 2.59. The minimum atomic E-state index is -0.322. The van der Waals surface area contributed by atoms with E-state index < -0.39 is 0 Å². The fourth-order valence-electron chi connectivity index (χ4n) is 4.78. The Kier molecular flexibility index (Phi) is 6.68. The predicted octanol–water partition coefficient (Wildman–Crippen LogP) is 6.34. The van der Waals surface area contributed by atoms with Crippen LogP contribution in [-0.2, 0) is 16.8 Å². The summed E-state index contributed by atoms with van der Waals surface area (Å²) in [4.78, 5) is 13.2. The van der Waals surface area contributed by atoms with Crippen molar-refractivity contribution in [3.8, 4) is 5.75 Å². The number of hydrogen-bond donors (Lipinski definition) is 1. The number of benzene rings is 4. The van der Waals surface area contributed by atoms with E-state index in [4.69, 9.17) is 4.74 Å². The van der Waals surface area contributed by atoms with Crippen LogP contribution in [0.5, 0.6) is 5.75 Å². The molecular weight excluding hydrogens is 444 g/mol. The van der Waals surface area contributed by atoms with E-state index in [9.17, 15) is 4.79 Å². The van der Waals surface area contributed by atoms with Crippen LogP contribution < -0.4 is 10.2 Å². The lowest BCUT2D eigenvalue weighted by molar-refractivity contribution is -0.122. The molecule has 4 nitrogen and oxygen atoms in total. The first-order valence-corrected chi connectivity index (χ1v) is 12.3. The third-order valence-electron chi connectivity index (χ3n) is 6.95. The van der Waals surface area contributed by atoms with Gasteiger partial charge < -0.3 is 4.74 Å². The Morgan fingerprint density at radius 2 is 1.44 bits per heavy atom. The largest absolute Gasteiger partial charge is 0.488 e. The molecule has 0 radical (unpaired) electrons. The third kappa shape index (κ3) is 4.94. The molecule has 4 aromatic carbocycles. The van der Waals surface area contributed by atoms with Crippen molar-refractivity contribution in [2.45, 2.75) is 32.3 Å². The van der Waals surface area contributed by atoms with Gasteiger partial charge in [-0.05, 0) is 49.1 Å². The molecule has 180 valence electrons. The third-order valence-corrected chi connectivity index (χ3v) is 6.95. The zero-order valence-electron chi connectivity index (χ0n) is 20.6. The summed E-state index contributed by atoms with van der Waals surface area (Å²) in [6.07, 6.45) is 2.41. The van der Waals surface area contributed by atoms with Crippen LogP contribution in [0, 0.1) is 19.8 Å². The van der Waals surface area contributed by atoms with E-state index in [0.717, 1.165) is 23.3 Å². The molecule has 1 fully saturated rings. The molecule has 0 heterocycles. The first kappa shape index (κ1) is 23.6. The second-order valence-corrected chi connectivity index (χ2v) is 9.51. The van der Waals surface area contributed by atoms with Gasteiger partial charge >= 0.3 is 0 Å². The number of nitrogens with one attached hydrogen (secondary N) is 1. The molecule has 1 unspecified atom stereocenters. The predicted molar refractivity (Wildman–Crippen MR) is 144 cm³/mol. The summed E-state index contributed by atoms with van der Waals surface area (Å²) in [5, 5.41) is 4.30. The Bertz CT molecular complexity index is 1310. The van der Waals surface area contributed by atoms with Gasteiger partial charge in [-0.25, -0.2) is 5.43 Å². The van der Waals surface area contributed by atoms with Crippen molar-refractivity contribution in [2.24, 2.45) is 11.0 Å². The van der Waals surface area contributed by atoms with Crippen molar-refractivity contribution in [3.63, 3.8) is 0 Å². The van der Waals surface area contributed by atoms with Crippen LogP contribution in [0.3, 0.4) is 0 Å². The van der Waals surface area contributed by atoms with Gasteiger partial charge in [0.25, 0.3) is 0 Å². The minimum Gasteiger partial charge on any atom is -0.488 e. The van der Waals surface area contributed by atoms with E-state index in [1.807, 2.05) is 54.6 Å². The summed E-state index contributed by atoms with van der Waals surface area (Å²) in [6, 6.07) is 34.8. The van der Waals surface area contributed by atoms with Crippen LogP contribution in [0.2, 0.25) is 0 Å². The number of amides is 1. The maximum Gasteiger partial charge on any atom is 0.244 e. The molecule has 0 aromatic heterocycles. The van der Waals surface area contributed by atoms with E-state index in [1.165, 1.54) is 22.3 Å². The molecule has 4 aromatic rings. The molecule has 0 saturated heterocycles. The van der Waals surface area contributed by atoms with Crippen LogP contribution in [0.15, 0.2) is 108 Å². The van der Waals surface area contributed by atoms with Gasteiger partial charge in [0.15, 0.2) is 0 Å². The van der Waals surface area contributed by atoms with Crippen molar-refractivity contribution in [3.05, 3.63) is 137 Å². The Hall–Kier alpha value is -4.18. The Morgan fingerprint density at radius 1 is 0.861 bits per heavy atom. The molecule has 36 heavy (non-hydrogen) atoms. The number of aryl methyl sites for hydroxylation is 2. The Morgan fingerprint density at radius 3 is 2.08 bits per heavy atom. The van der Waals surface area contributed by atoms with Crippen LogP contribution in [0.1, 0.15) is 39.8 Å². The van der Waals surface area contributed by atoms with Crippen LogP contribution >= 0.6 is 0 Å². The molecule has 1 atom stereocenters. The zero-order valence-corrected chi connectivity index (χ0v) is 20.6. The van der Waals surface area contributed by atoms with Crippen molar-refractivity contribution < 1.29 is 9.53 Å². The number of ether oxygens (including phenoxy) is 1. The minimum absolute atomic E-state index is 0.0740. The fraction of sp³-hybridized carbons (Fsp3) is 0.188. The van der Waals surface area contributed by atoms with Gasteiger partial charge in [-0.1, -0.05) is 102 Å². The summed E-state index contributed by atoms with van der Waals surface area (Å²) in [5.41, 5.74) is 9.12. The monoisotopic (exact) mass is 474 g/mol. The van der Waals surface area contributed by atoms with Crippen molar-refractivity contribution in [1.29, 1.82) is 0 Å². The lowest BCUT2D eigenvalue weighted by atomic mass is 9.85. The van der Waals surface area contributed by atoms with Gasteiger partial charge in [-0.15, -0.1) is 0 Å². The molecule has 4 heteroatoms. The van der Waals surface area contributed by atoms with Gasteiger partial charge in [-0.2, -0.15) is 5.10 Å². The number of para-hydroxylation sites is 1. The first-order valence-electron chi connectivity index (χ1n) is 12.3. The SMILES string of the molecule is Cc1ccc(C2(c3ccc(C)cc3)CC2C(=O)NN=Cc2ccccc2OCc2ccccc2)cc1. The summed E-state index contributed by atoms with van der Waals surface area (Å²) in [5.74, 6) is 0.471. The lowest BCUT2D eigenvalue weighted by Crippen LogP contribution is -2.25. The van der Waals surface area contributed by atoms with Crippen LogP contribution in [0.4, 0.5) is 0 Å². The Labute approximate surface area is 212 Å². The van der Waals surface area contributed by atoms with E-state index in [0.29, 0.717) is 6.61 Å². The van der Waals surface area contributed by atoms with Gasteiger partial charge in [0.05, 0.1) is 12.1 Å². The van der Waals surface area contributed by atoms with Crippen molar-refractivity contribution >= 4 is 12.1 Å². The van der Waals surface area contributed by atoms with E-state index in [2.05, 4.69) is 72.9 Å². The quantitative estimate of drug-likeness (QED) is 0.239. The second kappa shape index (κ2) is 10.2. The number of hydrogen-bond acceptors (Lipinski definition) is 3. The molecule has 0 spiro atoms. The number of hydrazone groups is 1. The highest BCUT2D eigenvalue weighted by molar-refractivity contribution is 5.88. The van der Waals surface area contributed by atoms with Gasteiger partial charge in [-0.3, -0.25) is 4.79 Å². The second-order valence-electron chi connectivity index (χ2n) is 9.51. The topological polar surface area (TPSA) is 50.7 Å². The molecule has 1 aliphatic carbocycles. The van der Waals surface area contributed by atoms with Gasteiger partial charge in [0.2, 0.25) is 5.91 Å². The van der Waals surface area contributed by atoms with E-state index >= 15 is 0 Å². The van der Waals surface area contributed by atoms with Crippen molar-refractivity contribution in [1.82, 2.24) is 5.43 Å². The summed E-state index contributed by atoms with van der Waals surface area (Å²) >= 11 is 0. The molecule has 1 amide bonds. The van der Waals surface area contributed by atoms with E-state index in [-0.39, 0.29) is 17.2 Å². The summed E-state index contributed by atoms with van der Waals surface area (Å²) in [7, 11) is 0. The fourth-order valence-corrected chi connectivity index (χ4v) is 4.78. The number of nitrogens with zero attached hydrogens (tertiary/aromatic N) is 1. The molecular formula is C32H30N2O2. The van der Waals surface area contributed by atoms with Gasteiger partial charge in [0.1, 0.15) is 12.4 Å². The first-order chi connectivity index (χ1) is 17.6. The number of carbonyl (C=O) groups is 1. The zero-order chi connectivity index (χ0) is 25.0. The summed E-state index contributed by atoms with van der Waals surface area (Å²) in [6.45, 7) is 4.63. The normalized spacial score (nSPS) is 16.0. The van der Waals surface area contributed by atoms with Crippen LogP contribution in [-0.4, -0.2) is 12.1 Å². The molecule has 0 aliphatic heterocycles. The number of rotatable bonds is 8. The van der Waals surface area contributed by atoms with Gasteiger partial charge in [0, 0.05) is 11.0 Å². The average Bonchev–Trinajstić information content (AvgIpc) is 3.66. The molecule has 0 bridgehead atoms. The highest BCUT2D eigenvalue weighted by Gasteiger charge is 2.60. The van der Waals surface area contributed by atoms with Crippen LogP contribution in [0.25, 0.3) is 0 Å². The van der Waals surface area contributed by atoms with E-state index in [1.54, 1.807) is 6.21 Å². The average molecular weight is 475 g/mol. The Balaban J connectivity index is 1.30. The standard InChI is InChI=1S/C32H30N2O2/c1-23-12-16-27(17-13-23)32(28-18-14-24(2)15-19-28)20-29(32)31(35)34-33-21-26-10-6-7-11-30(26)36-22-25-8-4-3-5-9-25/h3-19,21,29H,20,22H2,1-2H3,(H,34,35). The molecule has 1 aliphatic rings. The van der Waals surface area contributed by atoms with Crippen molar-refractivity contribution in [2.75, 3.05) is 0 Å². The lowest BCUT2D eigenvalue weighted by Gasteiger charge is -2.19. The summed E-state index contributed by atoms with van der Waals surface area (Å²) < 4.78 is 6.00. The maximum absolute atomic E-state index is 13.2.